The summed E-state index contributed by atoms with van der Waals surface area (Å²) in [4.78, 5) is 0. The van der Waals surface area contributed by atoms with Gasteiger partial charge in [-0.15, -0.1) is 0 Å². The predicted molar refractivity (Wildman–Crippen MR) is 54.3 cm³/mol. The second-order valence-corrected chi connectivity index (χ2v) is 5.67. The molecule has 1 heterocycles. The molecular weight excluding hydrogens is 187 g/mol. The van der Waals surface area contributed by atoms with Gasteiger partial charge in [-0.2, -0.15) is 5.10 Å². The van der Waals surface area contributed by atoms with E-state index < -0.39 is 7.37 Å². The quantitative estimate of drug-likeness (QED) is 0.654. The van der Waals surface area contributed by atoms with Crippen LogP contribution < -0.4 is 0 Å². The molecule has 1 aliphatic heterocycles. The maximum atomic E-state index is 11.9. The van der Waals surface area contributed by atoms with Crippen LogP contribution in [0.2, 0.25) is 0 Å². The van der Waals surface area contributed by atoms with Gasteiger partial charge in [-0.3, -0.25) is 9.57 Å². The Morgan fingerprint density at radius 3 is 2.85 bits per heavy atom. The Labute approximate surface area is 78.7 Å². The molecular formula is C8H15N2O2P. The molecule has 0 amide bonds. The van der Waals surface area contributed by atoms with Crippen LogP contribution in [0.5, 0.6) is 0 Å². The number of hydrazone groups is 1. The van der Waals surface area contributed by atoms with Crippen molar-refractivity contribution in [3.8, 4) is 0 Å². The summed E-state index contributed by atoms with van der Waals surface area (Å²) in [6, 6.07) is 0. The summed E-state index contributed by atoms with van der Waals surface area (Å²) in [5.74, 6) is 0. The van der Waals surface area contributed by atoms with Crippen molar-refractivity contribution >= 4 is 13.6 Å². The molecule has 74 valence electrons. The van der Waals surface area contributed by atoms with Gasteiger partial charge in [-0.25, -0.2) is 0 Å². The van der Waals surface area contributed by atoms with E-state index in [1.54, 1.807) is 24.1 Å². The van der Waals surface area contributed by atoms with Crippen LogP contribution in [-0.2, 0) is 9.09 Å². The molecule has 0 saturated heterocycles. The Morgan fingerprint density at radius 1 is 1.69 bits per heavy atom. The average Bonchev–Trinajstić information content (AvgIpc) is 2.05. The normalized spacial score (nSPS) is 26.1. The summed E-state index contributed by atoms with van der Waals surface area (Å²) in [6.07, 6.45) is 5.31. The second kappa shape index (κ2) is 4.07. The standard InChI is InChI=1S/C8H15N2O2P/c1-4-12-13(3,11)8-5-6-10(2)9-7-8/h5-8H,4H2,1-3H3. The first kappa shape index (κ1) is 10.5. The van der Waals surface area contributed by atoms with Crippen molar-refractivity contribution in [3.63, 3.8) is 0 Å². The van der Waals surface area contributed by atoms with E-state index in [9.17, 15) is 4.57 Å². The SMILES string of the molecule is CCOP(C)(=O)C1C=CN(C)N=C1. The highest BCUT2D eigenvalue weighted by Crippen LogP contribution is 2.48. The van der Waals surface area contributed by atoms with Crippen LogP contribution in [0, 0.1) is 0 Å². The number of allylic oxidation sites excluding steroid dienone is 1. The average molecular weight is 202 g/mol. The van der Waals surface area contributed by atoms with Crippen molar-refractivity contribution in [1.29, 1.82) is 0 Å². The molecule has 0 fully saturated rings. The van der Waals surface area contributed by atoms with Crippen LogP contribution in [0.1, 0.15) is 6.92 Å². The number of rotatable bonds is 3. The summed E-state index contributed by atoms with van der Waals surface area (Å²) in [7, 11) is -0.733. The fourth-order valence-corrected chi connectivity index (χ4v) is 2.47. The largest absolute Gasteiger partial charge is 0.328 e. The highest BCUT2D eigenvalue weighted by Gasteiger charge is 2.26. The van der Waals surface area contributed by atoms with Gasteiger partial charge in [0.05, 0.1) is 12.3 Å². The van der Waals surface area contributed by atoms with Gasteiger partial charge >= 0.3 is 0 Å². The molecule has 2 atom stereocenters. The first-order chi connectivity index (χ1) is 6.06. The molecule has 1 aliphatic rings. The molecule has 0 radical (unpaired) electrons. The third-order valence-electron chi connectivity index (χ3n) is 1.83. The zero-order valence-electron chi connectivity index (χ0n) is 8.17. The Hall–Kier alpha value is -0.600. The van der Waals surface area contributed by atoms with Crippen LogP contribution >= 0.6 is 7.37 Å². The molecule has 0 bridgehead atoms. The number of nitrogens with zero attached hydrogens (tertiary/aromatic N) is 2. The summed E-state index contributed by atoms with van der Waals surface area (Å²) < 4.78 is 17.1. The minimum Gasteiger partial charge on any atom is -0.328 e. The molecule has 0 aromatic heterocycles. The predicted octanol–water partition coefficient (Wildman–Crippen LogP) is 1.74. The van der Waals surface area contributed by atoms with Gasteiger partial charge in [-0.1, -0.05) is 0 Å². The Balaban J connectivity index is 2.69. The first-order valence-electron chi connectivity index (χ1n) is 4.23. The minimum absolute atomic E-state index is 0.177. The molecule has 2 unspecified atom stereocenters. The highest BCUT2D eigenvalue weighted by molar-refractivity contribution is 7.60. The van der Waals surface area contributed by atoms with Gasteiger partial charge in [0.1, 0.15) is 0 Å². The van der Waals surface area contributed by atoms with Crippen molar-refractivity contribution in [3.05, 3.63) is 12.3 Å². The van der Waals surface area contributed by atoms with Crippen LogP contribution in [0.3, 0.4) is 0 Å². The zero-order valence-corrected chi connectivity index (χ0v) is 9.07. The molecule has 0 aromatic rings. The van der Waals surface area contributed by atoms with Gasteiger partial charge in [0.15, 0.2) is 0 Å². The number of hydrogen-bond donors (Lipinski definition) is 0. The molecule has 0 N–H and O–H groups in total. The van der Waals surface area contributed by atoms with Gasteiger partial charge in [-0.05, 0) is 13.0 Å². The monoisotopic (exact) mass is 202 g/mol. The summed E-state index contributed by atoms with van der Waals surface area (Å²) in [5.41, 5.74) is -0.177. The topological polar surface area (TPSA) is 41.9 Å². The zero-order chi connectivity index (χ0) is 9.90. The molecule has 5 heteroatoms. The van der Waals surface area contributed by atoms with Gasteiger partial charge in [0.2, 0.25) is 7.37 Å². The lowest BCUT2D eigenvalue weighted by molar-refractivity contribution is 0.336. The van der Waals surface area contributed by atoms with Crippen molar-refractivity contribution in [2.45, 2.75) is 12.6 Å². The molecule has 1 rings (SSSR count). The lowest BCUT2D eigenvalue weighted by atomic mass is 10.4. The first-order valence-corrected chi connectivity index (χ1v) is 6.37. The minimum atomic E-state index is -2.56. The van der Waals surface area contributed by atoms with E-state index in [1.807, 2.05) is 20.0 Å². The molecule has 13 heavy (non-hydrogen) atoms. The fourth-order valence-electron chi connectivity index (χ4n) is 1.09. The molecule has 4 nitrogen and oxygen atoms in total. The van der Waals surface area contributed by atoms with Crippen molar-refractivity contribution in [1.82, 2.24) is 5.01 Å². The third kappa shape index (κ3) is 2.68. The van der Waals surface area contributed by atoms with E-state index in [4.69, 9.17) is 4.52 Å². The lowest BCUT2D eigenvalue weighted by Gasteiger charge is -2.21. The second-order valence-electron chi connectivity index (χ2n) is 3.00. The third-order valence-corrected chi connectivity index (χ3v) is 3.99. The van der Waals surface area contributed by atoms with Gasteiger partial charge < -0.3 is 4.52 Å². The van der Waals surface area contributed by atoms with Crippen molar-refractivity contribution in [2.24, 2.45) is 5.10 Å². The van der Waals surface area contributed by atoms with Crippen LogP contribution in [-0.4, -0.2) is 37.2 Å². The summed E-state index contributed by atoms with van der Waals surface area (Å²) in [5, 5.41) is 5.70. The smallest absolute Gasteiger partial charge is 0.212 e. The van der Waals surface area contributed by atoms with Crippen LogP contribution in [0.4, 0.5) is 0 Å². The van der Waals surface area contributed by atoms with E-state index in [0.29, 0.717) is 6.61 Å². The van der Waals surface area contributed by atoms with E-state index in [1.165, 1.54) is 0 Å². The van der Waals surface area contributed by atoms with E-state index in [0.717, 1.165) is 0 Å². The van der Waals surface area contributed by atoms with Crippen molar-refractivity contribution in [2.75, 3.05) is 20.3 Å². The van der Waals surface area contributed by atoms with E-state index in [2.05, 4.69) is 5.10 Å². The molecule has 0 aromatic carbocycles. The maximum absolute atomic E-state index is 11.9. The van der Waals surface area contributed by atoms with Crippen molar-refractivity contribution < 1.29 is 9.09 Å². The molecule has 0 spiro atoms. The lowest BCUT2D eigenvalue weighted by Crippen LogP contribution is -2.17. The fraction of sp³-hybridized carbons (Fsp3) is 0.625. The summed E-state index contributed by atoms with van der Waals surface area (Å²) >= 11 is 0. The molecule has 0 saturated carbocycles. The number of hydrogen-bond acceptors (Lipinski definition) is 4. The maximum Gasteiger partial charge on any atom is 0.212 e. The Bertz CT molecular complexity index is 261. The highest BCUT2D eigenvalue weighted by atomic mass is 31.2. The van der Waals surface area contributed by atoms with Crippen LogP contribution in [0.25, 0.3) is 0 Å². The molecule has 0 aliphatic carbocycles. The van der Waals surface area contributed by atoms with E-state index in [-0.39, 0.29) is 5.66 Å². The Morgan fingerprint density at radius 2 is 2.38 bits per heavy atom. The Kier molecular flexibility index (Phi) is 3.28. The van der Waals surface area contributed by atoms with E-state index >= 15 is 0 Å². The van der Waals surface area contributed by atoms with Crippen LogP contribution in [0.15, 0.2) is 17.4 Å². The summed E-state index contributed by atoms with van der Waals surface area (Å²) in [6.45, 7) is 3.95. The van der Waals surface area contributed by atoms with Gasteiger partial charge in [0, 0.05) is 26.1 Å². The van der Waals surface area contributed by atoms with Gasteiger partial charge in [0.25, 0.3) is 0 Å².